The Morgan fingerprint density at radius 1 is 1.24 bits per heavy atom. The van der Waals surface area contributed by atoms with Crippen molar-refractivity contribution in [2.24, 2.45) is 5.10 Å². The maximum atomic E-state index is 11.2. The number of carboxylic acid groups (broad SMARTS) is 1. The molecule has 0 saturated carbocycles. The van der Waals surface area contributed by atoms with E-state index in [1.54, 1.807) is 24.3 Å². The lowest BCUT2D eigenvalue weighted by Crippen LogP contribution is -2.04. The van der Waals surface area contributed by atoms with E-state index in [0.29, 0.717) is 0 Å². The average molecular weight is 296 g/mol. The highest BCUT2D eigenvalue weighted by Crippen LogP contribution is 2.27. The van der Waals surface area contributed by atoms with Gasteiger partial charge >= 0.3 is 5.97 Å². The number of carboxylic acids is 1. The molecule has 0 unspecified atom stereocenters. The normalized spacial score (nSPS) is 9.24. The Bertz CT molecular complexity index is 766. The first kappa shape index (κ1) is 14.3. The Hall–Kier alpha value is -3.16. The fraction of sp³-hybridized carbons (Fsp3) is 0. The Balaban J connectivity index is 2.44. The van der Waals surface area contributed by atoms with Crippen LogP contribution in [0, 0.1) is 22.7 Å². The lowest BCUT2D eigenvalue weighted by Gasteiger charge is -2.07. The summed E-state index contributed by atoms with van der Waals surface area (Å²) in [6.07, 6.45) is 0. The van der Waals surface area contributed by atoms with Crippen molar-refractivity contribution in [1.82, 2.24) is 0 Å². The van der Waals surface area contributed by atoms with E-state index in [1.165, 1.54) is 17.4 Å². The van der Waals surface area contributed by atoms with Crippen molar-refractivity contribution in [3.8, 4) is 23.3 Å². The molecule has 0 saturated heterocycles. The van der Waals surface area contributed by atoms with Crippen molar-refractivity contribution < 1.29 is 9.90 Å². The van der Waals surface area contributed by atoms with Crippen LogP contribution in [0.15, 0.2) is 40.1 Å². The fourth-order valence-corrected chi connectivity index (χ4v) is 2.29. The van der Waals surface area contributed by atoms with Crippen LogP contribution in [0.5, 0.6) is 0 Å². The number of aromatic carboxylic acids is 1. The molecule has 1 aromatic heterocycles. The van der Waals surface area contributed by atoms with Gasteiger partial charge in [-0.1, -0.05) is 6.07 Å². The molecular weight excluding hydrogens is 288 g/mol. The highest BCUT2D eigenvalue weighted by molar-refractivity contribution is 7.08. The number of hydrazone groups is 1. The number of carbonyl (C=O) groups is 1. The third-order valence-corrected chi connectivity index (χ3v) is 3.29. The number of nitrogens with one attached hydrogen (secondary N) is 1. The zero-order chi connectivity index (χ0) is 15.2. The van der Waals surface area contributed by atoms with Crippen molar-refractivity contribution in [1.29, 1.82) is 10.5 Å². The second-order valence-electron chi connectivity index (χ2n) is 3.87. The van der Waals surface area contributed by atoms with Crippen LogP contribution in [0.25, 0.3) is 11.1 Å². The van der Waals surface area contributed by atoms with Gasteiger partial charge in [0.1, 0.15) is 12.1 Å². The molecule has 102 valence electrons. The molecule has 6 nitrogen and oxygen atoms in total. The summed E-state index contributed by atoms with van der Waals surface area (Å²) in [7, 11) is 0. The molecule has 0 amide bonds. The molecule has 0 aliphatic rings. The third kappa shape index (κ3) is 3.24. The summed E-state index contributed by atoms with van der Waals surface area (Å²) in [6.45, 7) is 0. The SMILES string of the molecule is N#CC(C#N)=NNc1cc(-c2ccsc2)ccc1C(=O)O. The molecular formula is C14H8N4O2S. The van der Waals surface area contributed by atoms with Crippen molar-refractivity contribution in [3.05, 3.63) is 40.6 Å². The number of nitrogens with zero attached hydrogens (tertiary/aromatic N) is 3. The van der Waals surface area contributed by atoms with E-state index in [4.69, 9.17) is 15.6 Å². The number of nitriles is 2. The van der Waals surface area contributed by atoms with Gasteiger partial charge in [-0.25, -0.2) is 4.79 Å². The van der Waals surface area contributed by atoms with Crippen LogP contribution in [0.3, 0.4) is 0 Å². The summed E-state index contributed by atoms with van der Waals surface area (Å²) >= 11 is 1.53. The van der Waals surface area contributed by atoms with Gasteiger partial charge < -0.3 is 5.11 Å². The van der Waals surface area contributed by atoms with Gasteiger partial charge in [-0.2, -0.15) is 27.0 Å². The summed E-state index contributed by atoms with van der Waals surface area (Å²) in [5.74, 6) is -1.12. The maximum absolute atomic E-state index is 11.2. The van der Waals surface area contributed by atoms with Crippen LogP contribution in [-0.4, -0.2) is 16.8 Å². The molecule has 2 rings (SSSR count). The van der Waals surface area contributed by atoms with Gasteiger partial charge in [0, 0.05) is 0 Å². The van der Waals surface area contributed by atoms with Gasteiger partial charge in [0.15, 0.2) is 0 Å². The van der Waals surface area contributed by atoms with Crippen LogP contribution in [-0.2, 0) is 0 Å². The average Bonchev–Trinajstić information content (AvgIpc) is 3.02. The fourth-order valence-electron chi connectivity index (χ4n) is 1.62. The second kappa shape index (κ2) is 6.33. The molecule has 0 bridgehead atoms. The van der Waals surface area contributed by atoms with E-state index in [1.807, 2.05) is 16.8 Å². The largest absolute Gasteiger partial charge is 0.478 e. The number of hydrogen-bond donors (Lipinski definition) is 2. The summed E-state index contributed by atoms with van der Waals surface area (Å²) < 4.78 is 0. The summed E-state index contributed by atoms with van der Waals surface area (Å²) in [6, 6.07) is 9.85. The van der Waals surface area contributed by atoms with Crippen molar-refractivity contribution in [3.63, 3.8) is 0 Å². The smallest absolute Gasteiger partial charge is 0.337 e. The van der Waals surface area contributed by atoms with Crippen molar-refractivity contribution in [2.45, 2.75) is 0 Å². The molecule has 2 N–H and O–H groups in total. The summed E-state index contributed by atoms with van der Waals surface area (Å²) in [5, 5.41) is 33.8. The summed E-state index contributed by atoms with van der Waals surface area (Å²) in [4.78, 5) is 11.2. The molecule has 21 heavy (non-hydrogen) atoms. The molecule has 0 atom stereocenters. The zero-order valence-electron chi connectivity index (χ0n) is 10.6. The lowest BCUT2D eigenvalue weighted by atomic mass is 10.1. The number of hydrogen-bond acceptors (Lipinski definition) is 6. The predicted molar refractivity (Wildman–Crippen MR) is 79.0 cm³/mol. The molecule has 1 aromatic carbocycles. The van der Waals surface area contributed by atoms with Gasteiger partial charge in [0.25, 0.3) is 0 Å². The van der Waals surface area contributed by atoms with Crippen LogP contribution >= 0.6 is 11.3 Å². The first-order valence-corrected chi connectivity index (χ1v) is 6.64. The van der Waals surface area contributed by atoms with Gasteiger partial charge in [-0.05, 0) is 40.1 Å². The molecule has 1 heterocycles. The molecule has 0 spiro atoms. The highest BCUT2D eigenvalue weighted by atomic mass is 32.1. The minimum atomic E-state index is -1.12. The predicted octanol–water partition coefficient (Wildman–Crippen LogP) is 2.93. The number of anilines is 1. The van der Waals surface area contributed by atoms with Gasteiger partial charge in [-0.3, -0.25) is 5.43 Å². The number of rotatable bonds is 4. The second-order valence-corrected chi connectivity index (χ2v) is 4.65. The van der Waals surface area contributed by atoms with E-state index in [0.717, 1.165) is 11.1 Å². The first-order chi connectivity index (χ1) is 10.2. The Kier molecular flexibility index (Phi) is 4.30. The van der Waals surface area contributed by atoms with E-state index in [-0.39, 0.29) is 17.0 Å². The Morgan fingerprint density at radius 2 is 2.00 bits per heavy atom. The Labute approximate surface area is 124 Å². The minimum Gasteiger partial charge on any atom is -0.478 e. The molecule has 0 fully saturated rings. The summed E-state index contributed by atoms with van der Waals surface area (Å²) in [5.41, 5.74) is 4.07. The van der Waals surface area contributed by atoms with Gasteiger partial charge in [0.2, 0.25) is 5.71 Å². The third-order valence-electron chi connectivity index (χ3n) is 2.60. The van der Waals surface area contributed by atoms with E-state index in [9.17, 15) is 4.79 Å². The Morgan fingerprint density at radius 3 is 2.57 bits per heavy atom. The zero-order valence-corrected chi connectivity index (χ0v) is 11.4. The first-order valence-electron chi connectivity index (χ1n) is 5.69. The minimum absolute atomic E-state index is 0.00737. The number of benzene rings is 1. The lowest BCUT2D eigenvalue weighted by molar-refractivity contribution is 0.0698. The maximum Gasteiger partial charge on any atom is 0.337 e. The van der Waals surface area contributed by atoms with E-state index < -0.39 is 5.97 Å². The topological polar surface area (TPSA) is 109 Å². The molecule has 0 radical (unpaired) electrons. The van der Waals surface area contributed by atoms with E-state index >= 15 is 0 Å². The van der Waals surface area contributed by atoms with Crippen LogP contribution in [0.1, 0.15) is 10.4 Å². The van der Waals surface area contributed by atoms with Gasteiger partial charge in [-0.15, -0.1) is 0 Å². The number of thiophene rings is 1. The standard InChI is InChI=1S/C14H8N4O2S/c15-6-11(7-16)17-18-13-5-9(10-3-4-21-8-10)1-2-12(13)14(19)20/h1-5,8,18H,(H,19,20). The monoisotopic (exact) mass is 296 g/mol. The van der Waals surface area contributed by atoms with Gasteiger partial charge in [0.05, 0.1) is 11.3 Å². The van der Waals surface area contributed by atoms with Crippen molar-refractivity contribution >= 4 is 28.7 Å². The molecule has 2 aromatic rings. The van der Waals surface area contributed by atoms with Crippen molar-refractivity contribution in [2.75, 3.05) is 5.43 Å². The van der Waals surface area contributed by atoms with Crippen LogP contribution in [0.4, 0.5) is 5.69 Å². The quantitative estimate of drug-likeness (QED) is 0.666. The molecule has 0 aliphatic heterocycles. The van der Waals surface area contributed by atoms with E-state index in [2.05, 4.69) is 10.5 Å². The highest BCUT2D eigenvalue weighted by Gasteiger charge is 2.11. The molecule has 0 aliphatic carbocycles. The molecule has 7 heteroatoms. The van der Waals surface area contributed by atoms with Crippen LogP contribution < -0.4 is 5.43 Å². The van der Waals surface area contributed by atoms with Crippen LogP contribution in [0.2, 0.25) is 0 Å².